The van der Waals surface area contributed by atoms with Gasteiger partial charge in [-0.25, -0.2) is 5.43 Å². The first-order valence-corrected chi connectivity index (χ1v) is 8.82. The lowest BCUT2D eigenvalue weighted by molar-refractivity contribution is -0.136. The fraction of sp³-hybridized carbons (Fsp3) is 0.0476. The molecular formula is C21H17BrN2O2. The predicted molar refractivity (Wildman–Crippen MR) is 106 cm³/mol. The Bertz CT molecular complexity index is 855. The fourth-order valence-corrected chi connectivity index (χ4v) is 2.85. The fourth-order valence-electron chi connectivity index (χ4n) is 2.58. The highest BCUT2D eigenvalue weighted by molar-refractivity contribution is 9.10. The van der Waals surface area contributed by atoms with Crippen LogP contribution in [0.4, 0.5) is 0 Å². The van der Waals surface area contributed by atoms with Crippen molar-refractivity contribution in [3.63, 3.8) is 0 Å². The van der Waals surface area contributed by atoms with Crippen LogP contribution >= 0.6 is 15.9 Å². The van der Waals surface area contributed by atoms with Gasteiger partial charge in [0.2, 0.25) is 0 Å². The van der Waals surface area contributed by atoms with Crippen molar-refractivity contribution >= 4 is 28.1 Å². The number of hydrogen-bond donors (Lipinski definition) is 2. The average molecular weight is 409 g/mol. The third kappa shape index (κ3) is 3.90. The van der Waals surface area contributed by atoms with Gasteiger partial charge >= 0.3 is 0 Å². The van der Waals surface area contributed by atoms with Crippen LogP contribution in [0.2, 0.25) is 0 Å². The molecule has 0 fully saturated rings. The molecule has 1 amide bonds. The molecule has 0 atom stereocenters. The molecule has 0 radical (unpaired) electrons. The molecule has 3 rings (SSSR count). The topological polar surface area (TPSA) is 61.7 Å². The molecule has 3 aromatic carbocycles. The number of nitrogens with one attached hydrogen (secondary N) is 1. The summed E-state index contributed by atoms with van der Waals surface area (Å²) in [6.45, 7) is 0. The van der Waals surface area contributed by atoms with E-state index in [0.29, 0.717) is 11.1 Å². The zero-order valence-electron chi connectivity index (χ0n) is 13.8. The van der Waals surface area contributed by atoms with Crippen LogP contribution in [0.25, 0.3) is 0 Å². The summed E-state index contributed by atoms with van der Waals surface area (Å²) >= 11 is 3.37. The number of carbonyl (C=O) groups excluding carboxylic acids is 1. The quantitative estimate of drug-likeness (QED) is 0.497. The third-order valence-corrected chi connectivity index (χ3v) is 4.49. The smallest absolute Gasteiger partial charge is 0.281 e. The standard InChI is InChI=1S/C21H17BrN2O2/c22-19-13-11-16(12-14-19)15-23-24-20(25)21(26,17-7-3-1-4-8-17)18-9-5-2-6-10-18/h1-15,26H,(H,24,25)/b23-15-. The van der Waals surface area contributed by atoms with Gasteiger partial charge in [0.1, 0.15) is 0 Å². The Morgan fingerprint density at radius 1 is 0.885 bits per heavy atom. The van der Waals surface area contributed by atoms with Crippen molar-refractivity contribution in [1.82, 2.24) is 5.43 Å². The van der Waals surface area contributed by atoms with Crippen LogP contribution in [0.15, 0.2) is 94.5 Å². The van der Waals surface area contributed by atoms with E-state index < -0.39 is 11.5 Å². The van der Waals surface area contributed by atoms with Crippen molar-refractivity contribution < 1.29 is 9.90 Å². The van der Waals surface area contributed by atoms with Crippen LogP contribution in [0, 0.1) is 0 Å². The van der Waals surface area contributed by atoms with Gasteiger partial charge in [-0.15, -0.1) is 0 Å². The van der Waals surface area contributed by atoms with E-state index in [9.17, 15) is 9.90 Å². The Morgan fingerprint density at radius 2 is 1.38 bits per heavy atom. The number of amides is 1. The molecule has 3 aromatic rings. The number of carbonyl (C=O) groups is 1. The molecule has 0 spiro atoms. The largest absolute Gasteiger partial charge is 0.372 e. The molecule has 0 heterocycles. The zero-order chi connectivity index (χ0) is 18.4. The van der Waals surface area contributed by atoms with Crippen LogP contribution in [-0.2, 0) is 10.4 Å². The second-order valence-corrected chi connectivity index (χ2v) is 6.61. The highest BCUT2D eigenvalue weighted by Crippen LogP contribution is 2.29. The normalized spacial score (nSPS) is 11.5. The molecule has 0 aromatic heterocycles. The molecule has 0 aliphatic carbocycles. The lowest BCUT2D eigenvalue weighted by Gasteiger charge is -2.27. The summed E-state index contributed by atoms with van der Waals surface area (Å²) in [4.78, 5) is 12.8. The second kappa shape index (κ2) is 8.08. The molecule has 0 saturated heterocycles. The minimum atomic E-state index is -1.83. The Morgan fingerprint density at radius 3 is 1.88 bits per heavy atom. The number of benzene rings is 3. The van der Waals surface area contributed by atoms with E-state index in [1.54, 1.807) is 48.5 Å². The maximum atomic E-state index is 12.8. The molecule has 0 aliphatic rings. The van der Waals surface area contributed by atoms with Gasteiger partial charge in [0.25, 0.3) is 5.91 Å². The molecule has 0 bridgehead atoms. The predicted octanol–water partition coefficient (Wildman–Crippen LogP) is 3.84. The molecule has 2 N–H and O–H groups in total. The van der Waals surface area contributed by atoms with Crippen LogP contribution in [0.1, 0.15) is 16.7 Å². The van der Waals surface area contributed by atoms with Crippen LogP contribution in [0.5, 0.6) is 0 Å². The zero-order valence-corrected chi connectivity index (χ0v) is 15.4. The van der Waals surface area contributed by atoms with Gasteiger partial charge < -0.3 is 5.11 Å². The SMILES string of the molecule is O=C(N/N=C\c1ccc(Br)cc1)C(O)(c1ccccc1)c1ccccc1. The minimum Gasteiger partial charge on any atom is -0.372 e. The molecule has 130 valence electrons. The first kappa shape index (κ1) is 18.0. The van der Waals surface area contributed by atoms with E-state index in [2.05, 4.69) is 26.5 Å². The van der Waals surface area contributed by atoms with Crippen LogP contribution in [-0.4, -0.2) is 17.2 Å². The molecule has 4 nitrogen and oxygen atoms in total. The summed E-state index contributed by atoms with van der Waals surface area (Å²) in [7, 11) is 0. The molecular weight excluding hydrogens is 392 g/mol. The highest BCUT2D eigenvalue weighted by atomic mass is 79.9. The van der Waals surface area contributed by atoms with E-state index >= 15 is 0 Å². The van der Waals surface area contributed by atoms with Crippen molar-refractivity contribution in [2.75, 3.05) is 0 Å². The van der Waals surface area contributed by atoms with Crippen LogP contribution in [0.3, 0.4) is 0 Å². The molecule has 26 heavy (non-hydrogen) atoms. The van der Waals surface area contributed by atoms with Crippen molar-refractivity contribution in [2.24, 2.45) is 5.10 Å². The number of hydrogen-bond acceptors (Lipinski definition) is 3. The highest BCUT2D eigenvalue weighted by Gasteiger charge is 2.39. The van der Waals surface area contributed by atoms with E-state index in [4.69, 9.17) is 0 Å². The van der Waals surface area contributed by atoms with Gasteiger partial charge in [-0.05, 0) is 28.8 Å². The van der Waals surface area contributed by atoms with Gasteiger partial charge in [-0.2, -0.15) is 5.10 Å². The maximum Gasteiger partial charge on any atom is 0.281 e. The van der Waals surface area contributed by atoms with E-state index in [1.807, 2.05) is 36.4 Å². The number of aliphatic hydroxyl groups is 1. The van der Waals surface area contributed by atoms with Crippen molar-refractivity contribution in [1.29, 1.82) is 0 Å². The lowest BCUT2D eigenvalue weighted by Crippen LogP contribution is -2.43. The molecule has 0 saturated carbocycles. The minimum absolute atomic E-state index is 0.475. The molecule has 0 unspecified atom stereocenters. The third-order valence-electron chi connectivity index (χ3n) is 3.96. The second-order valence-electron chi connectivity index (χ2n) is 5.69. The first-order chi connectivity index (χ1) is 12.6. The van der Waals surface area contributed by atoms with Gasteiger partial charge in [0.15, 0.2) is 5.60 Å². The Balaban J connectivity index is 1.87. The van der Waals surface area contributed by atoms with E-state index in [-0.39, 0.29) is 0 Å². The van der Waals surface area contributed by atoms with Crippen molar-refractivity contribution in [3.05, 3.63) is 106 Å². The summed E-state index contributed by atoms with van der Waals surface area (Å²) in [5, 5.41) is 15.3. The first-order valence-electron chi connectivity index (χ1n) is 8.03. The lowest BCUT2D eigenvalue weighted by atomic mass is 9.85. The monoisotopic (exact) mass is 408 g/mol. The van der Waals surface area contributed by atoms with E-state index in [1.165, 1.54) is 6.21 Å². The number of rotatable bonds is 5. The maximum absolute atomic E-state index is 12.8. The van der Waals surface area contributed by atoms with Gasteiger partial charge in [0.05, 0.1) is 6.21 Å². The number of hydrazone groups is 1. The van der Waals surface area contributed by atoms with Gasteiger partial charge in [-0.1, -0.05) is 88.7 Å². The van der Waals surface area contributed by atoms with Gasteiger partial charge in [-0.3, -0.25) is 4.79 Å². The van der Waals surface area contributed by atoms with Crippen LogP contribution < -0.4 is 5.43 Å². The Hall–Kier alpha value is -2.76. The Kier molecular flexibility index (Phi) is 5.61. The summed E-state index contributed by atoms with van der Waals surface area (Å²) in [5.41, 5.74) is 2.40. The van der Waals surface area contributed by atoms with Gasteiger partial charge in [0, 0.05) is 4.47 Å². The molecule has 5 heteroatoms. The summed E-state index contributed by atoms with van der Waals surface area (Å²) < 4.78 is 0.959. The average Bonchev–Trinajstić information content (AvgIpc) is 2.70. The Labute approximate surface area is 160 Å². The number of halogens is 1. The number of nitrogens with zero attached hydrogens (tertiary/aromatic N) is 1. The summed E-state index contributed by atoms with van der Waals surface area (Å²) in [6, 6.07) is 25.1. The summed E-state index contributed by atoms with van der Waals surface area (Å²) in [5.74, 6) is -0.622. The van der Waals surface area contributed by atoms with E-state index in [0.717, 1.165) is 10.0 Å². The molecule has 0 aliphatic heterocycles. The van der Waals surface area contributed by atoms with Crippen molar-refractivity contribution in [3.8, 4) is 0 Å². The van der Waals surface area contributed by atoms with Crippen molar-refractivity contribution in [2.45, 2.75) is 5.60 Å². The summed E-state index contributed by atoms with van der Waals surface area (Å²) in [6.07, 6.45) is 1.53.